The predicted molar refractivity (Wildman–Crippen MR) is 139 cm³/mol. The van der Waals surface area contributed by atoms with E-state index in [0.29, 0.717) is 45.0 Å². The lowest BCUT2D eigenvalue weighted by Gasteiger charge is -2.15. The van der Waals surface area contributed by atoms with Crippen molar-refractivity contribution in [2.75, 3.05) is 7.11 Å². The fourth-order valence-electron chi connectivity index (χ4n) is 3.84. The smallest absolute Gasteiger partial charge is 0.262 e. The average molecular weight is 504 g/mol. The quantitative estimate of drug-likeness (QED) is 0.190. The van der Waals surface area contributed by atoms with Crippen LogP contribution in [0.15, 0.2) is 87.2 Å². The highest BCUT2D eigenvalue weighted by Crippen LogP contribution is 2.29. The number of aromatic nitrogens is 3. The second kappa shape index (κ2) is 9.98. The standard InChI is InChI=1S/C27H22ClN3O3S/c1-17-23(29-25(34-17)18-9-7-10-20(28)14-18)16-35-27-30-22-12-5-4-11-21(22)26(32)31(27)15-19-8-3-6-13-24(19)33-2/h3-14H,15-16H2,1-2H3. The molecule has 35 heavy (non-hydrogen) atoms. The summed E-state index contributed by atoms with van der Waals surface area (Å²) in [6.07, 6.45) is 0. The Balaban J connectivity index is 1.50. The number of para-hydroxylation sites is 2. The molecule has 0 atom stereocenters. The molecule has 0 aliphatic carbocycles. The van der Waals surface area contributed by atoms with Gasteiger partial charge in [-0.25, -0.2) is 9.97 Å². The van der Waals surface area contributed by atoms with Gasteiger partial charge in [0.15, 0.2) is 5.16 Å². The zero-order valence-corrected chi connectivity index (χ0v) is 20.8. The van der Waals surface area contributed by atoms with Gasteiger partial charge in [-0.05, 0) is 43.3 Å². The first-order valence-electron chi connectivity index (χ1n) is 11.0. The van der Waals surface area contributed by atoms with Crippen molar-refractivity contribution in [2.45, 2.75) is 24.4 Å². The molecule has 6 nitrogen and oxygen atoms in total. The summed E-state index contributed by atoms with van der Waals surface area (Å²) in [5.41, 5.74) is 3.06. The molecule has 0 N–H and O–H groups in total. The highest BCUT2D eigenvalue weighted by molar-refractivity contribution is 7.98. The molecule has 0 spiro atoms. The molecular formula is C27H22ClN3O3S. The molecule has 5 rings (SSSR count). The Bertz CT molecular complexity index is 1580. The van der Waals surface area contributed by atoms with Crippen LogP contribution in [0.3, 0.4) is 0 Å². The minimum absolute atomic E-state index is 0.0968. The van der Waals surface area contributed by atoms with Crippen LogP contribution in [-0.4, -0.2) is 21.6 Å². The third-order valence-corrected chi connectivity index (χ3v) is 6.87. The van der Waals surface area contributed by atoms with Gasteiger partial charge < -0.3 is 9.15 Å². The molecule has 0 aliphatic rings. The van der Waals surface area contributed by atoms with E-state index in [1.54, 1.807) is 17.7 Å². The molecule has 0 aliphatic heterocycles. The number of benzene rings is 3. The van der Waals surface area contributed by atoms with E-state index >= 15 is 0 Å². The van der Waals surface area contributed by atoms with Gasteiger partial charge in [0.1, 0.15) is 11.5 Å². The summed E-state index contributed by atoms with van der Waals surface area (Å²) in [6, 6.07) is 22.5. The number of hydrogen-bond acceptors (Lipinski definition) is 6. The molecule has 0 amide bonds. The van der Waals surface area contributed by atoms with Crippen molar-refractivity contribution in [1.82, 2.24) is 14.5 Å². The van der Waals surface area contributed by atoms with Gasteiger partial charge in [-0.15, -0.1) is 0 Å². The number of nitrogens with zero attached hydrogens (tertiary/aromatic N) is 3. The van der Waals surface area contributed by atoms with E-state index in [0.717, 1.165) is 22.6 Å². The fraction of sp³-hybridized carbons (Fsp3) is 0.148. The average Bonchev–Trinajstić information content (AvgIpc) is 3.25. The molecule has 0 radical (unpaired) electrons. The van der Waals surface area contributed by atoms with Crippen LogP contribution < -0.4 is 10.3 Å². The summed E-state index contributed by atoms with van der Waals surface area (Å²) in [7, 11) is 1.63. The number of thioether (sulfide) groups is 1. The topological polar surface area (TPSA) is 70.2 Å². The lowest BCUT2D eigenvalue weighted by atomic mass is 10.2. The van der Waals surface area contributed by atoms with E-state index in [1.807, 2.05) is 73.7 Å². The van der Waals surface area contributed by atoms with E-state index in [-0.39, 0.29) is 5.56 Å². The molecule has 3 aromatic carbocycles. The molecule has 0 saturated heterocycles. The van der Waals surface area contributed by atoms with Crippen molar-refractivity contribution in [1.29, 1.82) is 0 Å². The highest BCUT2D eigenvalue weighted by atomic mass is 35.5. The monoisotopic (exact) mass is 503 g/mol. The Kier molecular flexibility index (Phi) is 6.61. The zero-order valence-electron chi connectivity index (χ0n) is 19.2. The normalized spacial score (nSPS) is 11.2. The van der Waals surface area contributed by atoms with E-state index in [1.165, 1.54) is 11.8 Å². The van der Waals surface area contributed by atoms with E-state index in [9.17, 15) is 4.79 Å². The first kappa shape index (κ1) is 23.2. The van der Waals surface area contributed by atoms with Gasteiger partial charge in [-0.3, -0.25) is 9.36 Å². The van der Waals surface area contributed by atoms with E-state index in [4.69, 9.17) is 25.7 Å². The lowest BCUT2D eigenvalue weighted by molar-refractivity contribution is 0.407. The van der Waals surface area contributed by atoms with Crippen LogP contribution in [0.4, 0.5) is 0 Å². The summed E-state index contributed by atoms with van der Waals surface area (Å²) in [5.74, 6) is 2.44. The molecule has 0 fully saturated rings. The van der Waals surface area contributed by atoms with Crippen molar-refractivity contribution in [3.63, 3.8) is 0 Å². The first-order chi connectivity index (χ1) is 17.0. The Labute approximate surface area is 211 Å². The summed E-state index contributed by atoms with van der Waals surface area (Å²) >= 11 is 7.58. The van der Waals surface area contributed by atoms with Gasteiger partial charge in [0, 0.05) is 21.9 Å². The molecule has 0 unspecified atom stereocenters. The molecule has 0 bridgehead atoms. The van der Waals surface area contributed by atoms with Gasteiger partial charge in [0.2, 0.25) is 5.89 Å². The molecule has 0 saturated carbocycles. The van der Waals surface area contributed by atoms with Gasteiger partial charge in [0.25, 0.3) is 5.56 Å². The maximum Gasteiger partial charge on any atom is 0.262 e. The minimum atomic E-state index is -0.0968. The third-order valence-electron chi connectivity index (χ3n) is 5.65. The Morgan fingerprint density at radius 1 is 1.03 bits per heavy atom. The van der Waals surface area contributed by atoms with Crippen molar-refractivity contribution in [3.05, 3.63) is 105 Å². The van der Waals surface area contributed by atoms with E-state index in [2.05, 4.69) is 4.98 Å². The minimum Gasteiger partial charge on any atom is -0.496 e. The van der Waals surface area contributed by atoms with Gasteiger partial charge in [-0.1, -0.05) is 59.8 Å². The lowest BCUT2D eigenvalue weighted by Crippen LogP contribution is -2.24. The van der Waals surface area contributed by atoms with Crippen molar-refractivity contribution >= 4 is 34.3 Å². The summed E-state index contributed by atoms with van der Waals surface area (Å²) in [6.45, 7) is 2.22. The summed E-state index contributed by atoms with van der Waals surface area (Å²) in [4.78, 5) is 23.0. The number of methoxy groups -OCH3 is 1. The number of halogens is 1. The van der Waals surface area contributed by atoms with Crippen molar-refractivity contribution in [3.8, 4) is 17.2 Å². The molecule has 2 heterocycles. The number of fused-ring (bicyclic) bond motifs is 1. The SMILES string of the molecule is COc1ccccc1Cn1c(SCc2nc(-c3cccc(Cl)c3)oc2C)nc2ccccc2c1=O. The van der Waals surface area contributed by atoms with Crippen LogP contribution in [0, 0.1) is 6.92 Å². The van der Waals surface area contributed by atoms with Crippen molar-refractivity contribution < 1.29 is 9.15 Å². The Morgan fingerprint density at radius 2 is 1.83 bits per heavy atom. The maximum atomic E-state index is 13.5. The van der Waals surface area contributed by atoms with Gasteiger partial charge in [-0.2, -0.15) is 0 Å². The van der Waals surface area contributed by atoms with Crippen LogP contribution in [0.2, 0.25) is 5.02 Å². The fourth-order valence-corrected chi connectivity index (χ4v) is 5.03. The molecule has 8 heteroatoms. The van der Waals surface area contributed by atoms with Crippen LogP contribution in [-0.2, 0) is 12.3 Å². The van der Waals surface area contributed by atoms with Crippen molar-refractivity contribution in [2.24, 2.45) is 0 Å². The van der Waals surface area contributed by atoms with E-state index < -0.39 is 0 Å². The molecular weight excluding hydrogens is 482 g/mol. The second-order valence-electron chi connectivity index (χ2n) is 7.94. The number of ether oxygens (including phenoxy) is 1. The molecule has 176 valence electrons. The Morgan fingerprint density at radius 3 is 2.66 bits per heavy atom. The van der Waals surface area contributed by atoms with Crippen LogP contribution in [0.5, 0.6) is 5.75 Å². The highest BCUT2D eigenvalue weighted by Gasteiger charge is 2.17. The second-order valence-corrected chi connectivity index (χ2v) is 9.31. The number of hydrogen-bond donors (Lipinski definition) is 0. The van der Waals surface area contributed by atoms with Crippen LogP contribution in [0.25, 0.3) is 22.4 Å². The van der Waals surface area contributed by atoms with Crippen LogP contribution >= 0.6 is 23.4 Å². The number of aryl methyl sites for hydroxylation is 1. The molecule has 5 aromatic rings. The summed E-state index contributed by atoms with van der Waals surface area (Å²) < 4.78 is 13.1. The zero-order chi connectivity index (χ0) is 24.4. The first-order valence-corrected chi connectivity index (χ1v) is 12.4. The third kappa shape index (κ3) is 4.83. The molecule has 2 aromatic heterocycles. The number of oxazole rings is 1. The largest absolute Gasteiger partial charge is 0.496 e. The van der Waals surface area contributed by atoms with Gasteiger partial charge in [0.05, 0.1) is 30.3 Å². The number of rotatable bonds is 7. The Hall–Kier alpha value is -3.55. The maximum absolute atomic E-state index is 13.5. The summed E-state index contributed by atoms with van der Waals surface area (Å²) in [5, 5.41) is 1.80. The van der Waals surface area contributed by atoms with Crippen LogP contribution in [0.1, 0.15) is 17.0 Å². The van der Waals surface area contributed by atoms with Gasteiger partial charge >= 0.3 is 0 Å². The predicted octanol–water partition coefficient (Wildman–Crippen LogP) is 6.36.